The highest BCUT2D eigenvalue weighted by molar-refractivity contribution is 7.99. The molecule has 0 bridgehead atoms. The van der Waals surface area contributed by atoms with Gasteiger partial charge in [-0.15, -0.1) is 0 Å². The second kappa shape index (κ2) is 8.47. The molecule has 1 saturated heterocycles. The first-order valence-corrected chi connectivity index (χ1v) is 9.74. The standard InChI is InChI=1S/C20H23NO4S/c1-3-24-18-10-15(19-21-16(12-26-19)20(22)23)7-8-17(18)25-11-14-6-4-5-13(2)9-14/h4-10,16,19,21H,3,11-12H2,1-2H3,(H,22,23)/t16-,19+/m1/s1. The fraction of sp³-hybridized carbons (Fsp3) is 0.350. The maximum atomic E-state index is 11.0. The third kappa shape index (κ3) is 4.51. The number of hydrogen-bond donors (Lipinski definition) is 1. The lowest BCUT2D eigenvalue weighted by Crippen LogP contribution is -2.90. The first kappa shape index (κ1) is 18.6. The molecular formula is C20H23NO4S. The molecular weight excluding hydrogens is 350 g/mol. The molecule has 2 aromatic rings. The molecule has 2 atom stereocenters. The van der Waals surface area contributed by atoms with Gasteiger partial charge in [-0.3, -0.25) is 0 Å². The van der Waals surface area contributed by atoms with E-state index >= 15 is 0 Å². The molecule has 6 heteroatoms. The summed E-state index contributed by atoms with van der Waals surface area (Å²) in [5.74, 6) is 0.908. The van der Waals surface area contributed by atoms with Gasteiger partial charge in [0.05, 0.1) is 12.4 Å². The summed E-state index contributed by atoms with van der Waals surface area (Å²) in [5.41, 5.74) is 3.32. The van der Waals surface area contributed by atoms with Crippen LogP contribution in [0.1, 0.15) is 29.0 Å². The number of ether oxygens (including phenoxy) is 2. The molecule has 5 nitrogen and oxygen atoms in total. The average Bonchev–Trinajstić information content (AvgIpc) is 3.11. The van der Waals surface area contributed by atoms with Gasteiger partial charge in [-0.05, 0) is 37.6 Å². The van der Waals surface area contributed by atoms with Crippen molar-refractivity contribution in [2.45, 2.75) is 31.9 Å². The normalized spacial score (nSPS) is 19.3. The minimum absolute atomic E-state index is 0.0305. The van der Waals surface area contributed by atoms with Gasteiger partial charge in [-0.2, -0.15) is 0 Å². The lowest BCUT2D eigenvalue weighted by molar-refractivity contribution is -0.690. The second-order valence-electron chi connectivity index (χ2n) is 6.29. The Balaban J connectivity index is 1.73. The predicted molar refractivity (Wildman–Crippen MR) is 99.0 cm³/mol. The zero-order valence-corrected chi connectivity index (χ0v) is 15.8. The Hall–Kier alpha value is -2.18. The van der Waals surface area contributed by atoms with Crippen molar-refractivity contribution < 1.29 is 24.7 Å². The van der Waals surface area contributed by atoms with Crippen LogP contribution < -0.4 is 19.9 Å². The van der Waals surface area contributed by atoms with Crippen LogP contribution >= 0.6 is 11.8 Å². The van der Waals surface area contributed by atoms with E-state index in [0.717, 1.165) is 11.1 Å². The van der Waals surface area contributed by atoms with E-state index in [9.17, 15) is 9.90 Å². The van der Waals surface area contributed by atoms with E-state index in [-0.39, 0.29) is 5.37 Å². The quantitative estimate of drug-likeness (QED) is 0.794. The zero-order chi connectivity index (χ0) is 18.5. The van der Waals surface area contributed by atoms with E-state index in [4.69, 9.17) is 9.47 Å². The maximum absolute atomic E-state index is 11.0. The number of hydrogen-bond acceptors (Lipinski definition) is 5. The number of quaternary nitrogens is 1. The third-order valence-electron chi connectivity index (χ3n) is 4.24. The second-order valence-corrected chi connectivity index (χ2v) is 7.46. The van der Waals surface area contributed by atoms with Gasteiger partial charge in [-0.25, -0.2) is 0 Å². The number of nitrogens with two attached hydrogens (primary N) is 1. The van der Waals surface area contributed by atoms with Crippen LogP contribution in [0.4, 0.5) is 0 Å². The van der Waals surface area contributed by atoms with Crippen LogP contribution in [-0.2, 0) is 11.4 Å². The summed E-state index contributed by atoms with van der Waals surface area (Å²) in [4.78, 5) is 11.0. The lowest BCUT2D eigenvalue weighted by atomic mass is 10.1. The Morgan fingerprint density at radius 2 is 2.08 bits per heavy atom. The van der Waals surface area contributed by atoms with Crippen LogP contribution in [-0.4, -0.2) is 24.4 Å². The highest BCUT2D eigenvalue weighted by atomic mass is 32.2. The van der Waals surface area contributed by atoms with Crippen LogP contribution in [0.2, 0.25) is 0 Å². The van der Waals surface area contributed by atoms with Crippen molar-refractivity contribution in [2.75, 3.05) is 12.4 Å². The van der Waals surface area contributed by atoms with Gasteiger partial charge in [0.25, 0.3) is 0 Å². The summed E-state index contributed by atoms with van der Waals surface area (Å²) < 4.78 is 11.7. The Bertz CT molecular complexity index is 780. The molecule has 0 spiro atoms. The van der Waals surface area contributed by atoms with Crippen molar-refractivity contribution in [3.63, 3.8) is 0 Å². The fourth-order valence-electron chi connectivity index (χ4n) is 2.94. The molecule has 1 fully saturated rings. The Morgan fingerprint density at radius 1 is 1.23 bits per heavy atom. The summed E-state index contributed by atoms with van der Waals surface area (Å²) in [7, 11) is 0. The minimum atomic E-state index is -1.01. The Morgan fingerprint density at radius 3 is 2.77 bits per heavy atom. The summed E-state index contributed by atoms with van der Waals surface area (Å²) >= 11 is 1.60. The van der Waals surface area contributed by atoms with Gasteiger partial charge >= 0.3 is 0 Å². The van der Waals surface area contributed by atoms with Gasteiger partial charge in [0, 0.05) is 5.56 Å². The minimum Gasteiger partial charge on any atom is -0.544 e. The van der Waals surface area contributed by atoms with E-state index in [1.807, 2.05) is 42.6 Å². The Labute approximate surface area is 157 Å². The van der Waals surface area contributed by atoms with Crippen LogP contribution in [0.5, 0.6) is 11.5 Å². The monoisotopic (exact) mass is 373 g/mol. The van der Waals surface area contributed by atoms with Crippen molar-refractivity contribution >= 4 is 17.7 Å². The smallest absolute Gasteiger partial charge is 0.161 e. The number of rotatable bonds is 7. The molecule has 3 rings (SSSR count). The molecule has 1 aliphatic heterocycles. The van der Waals surface area contributed by atoms with E-state index in [1.165, 1.54) is 5.56 Å². The predicted octanol–water partition coefficient (Wildman–Crippen LogP) is 1.40. The van der Waals surface area contributed by atoms with Crippen molar-refractivity contribution in [3.05, 3.63) is 59.2 Å². The molecule has 1 heterocycles. The number of carboxylic acid groups (broad SMARTS) is 1. The van der Waals surface area contributed by atoms with Crippen molar-refractivity contribution in [3.8, 4) is 11.5 Å². The number of carbonyl (C=O) groups is 1. The number of carbonyl (C=O) groups excluding carboxylic acids is 1. The third-order valence-corrected chi connectivity index (χ3v) is 5.58. The number of aryl methyl sites for hydroxylation is 1. The molecule has 138 valence electrons. The van der Waals surface area contributed by atoms with Crippen LogP contribution in [0.25, 0.3) is 0 Å². The van der Waals surface area contributed by atoms with E-state index in [0.29, 0.717) is 30.5 Å². The van der Waals surface area contributed by atoms with E-state index < -0.39 is 12.0 Å². The molecule has 1 aliphatic rings. The van der Waals surface area contributed by atoms with Crippen molar-refractivity contribution in [1.29, 1.82) is 0 Å². The average molecular weight is 373 g/mol. The van der Waals surface area contributed by atoms with Gasteiger partial charge in [0.2, 0.25) is 0 Å². The molecule has 0 aliphatic carbocycles. The van der Waals surface area contributed by atoms with Crippen LogP contribution in [0, 0.1) is 6.92 Å². The summed E-state index contributed by atoms with van der Waals surface area (Å²) in [6.45, 7) is 4.99. The van der Waals surface area contributed by atoms with Crippen molar-refractivity contribution in [2.24, 2.45) is 0 Å². The maximum Gasteiger partial charge on any atom is 0.161 e. The number of carboxylic acids is 1. The molecule has 0 radical (unpaired) electrons. The lowest BCUT2D eigenvalue weighted by Gasteiger charge is -2.16. The number of aliphatic carboxylic acids is 1. The molecule has 2 N–H and O–H groups in total. The summed E-state index contributed by atoms with van der Waals surface area (Å²) in [6.07, 6.45) is 0. The molecule has 26 heavy (non-hydrogen) atoms. The van der Waals surface area contributed by atoms with Crippen molar-refractivity contribution in [1.82, 2.24) is 0 Å². The SMILES string of the molecule is CCOc1cc([C@H]2[NH2+][C@@H](C(=O)[O-])CS2)ccc1OCc1cccc(C)c1. The van der Waals surface area contributed by atoms with E-state index in [2.05, 4.69) is 19.1 Å². The van der Waals surface area contributed by atoms with Crippen LogP contribution in [0.3, 0.4) is 0 Å². The topological polar surface area (TPSA) is 75.2 Å². The number of thioether (sulfide) groups is 1. The fourth-order valence-corrected chi connectivity index (χ4v) is 4.24. The van der Waals surface area contributed by atoms with E-state index in [1.54, 1.807) is 11.8 Å². The van der Waals surface area contributed by atoms with Gasteiger partial charge < -0.3 is 24.7 Å². The molecule has 2 aromatic carbocycles. The largest absolute Gasteiger partial charge is 0.544 e. The molecule has 0 unspecified atom stereocenters. The van der Waals surface area contributed by atoms with Gasteiger partial charge in [0.15, 0.2) is 16.9 Å². The van der Waals surface area contributed by atoms with Gasteiger partial charge in [0.1, 0.15) is 18.6 Å². The molecule has 0 amide bonds. The molecule has 0 aromatic heterocycles. The number of benzene rings is 2. The summed E-state index contributed by atoms with van der Waals surface area (Å²) in [5, 5.41) is 12.9. The van der Waals surface area contributed by atoms with Gasteiger partial charge in [-0.1, -0.05) is 41.6 Å². The van der Waals surface area contributed by atoms with Crippen LogP contribution in [0.15, 0.2) is 42.5 Å². The summed E-state index contributed by atoms with van der Waals surface area (Å²) in [6, 6.07) is 13.5. The highest BCUT2D eigenvalue weighted by Gasteiger charge is 2.31. The molecule has 0 saturated carbocycles. The Kier molecular flexibility index (Phi) is 6.06. The highest BCUT2D eigenvalue weighted by Crippen LogP contribution is 2.34. The zero-order valence-electron chi connectivity index (χ0n) is 14.9. The first-order valence-electron chi connectivity index (χ1n) is 8.69. The first-order chi connectivity index (χ1) is 12.6.